The zero-order valence-electron chi connectivity index (χ0n) is 15.2. The molecular formula is C20H23N5O2. The molecule has 2 heterocycles. The van der Waals surface area contributed by atoms with Crippen LogP contribution in [-0.2, 0) is 4.84 Å². The number of nitrogens with two attached hydrogens (primary N) is 1. The number of nitrogens with zero attached hydrogens (tertiary/aromatic N) is 4. The number of ether oxygens (including phenoxy) is 1. The number of nitriles is 1. The van der Waals surface area contributed by atoms with Gasteiger partial charge in [-0.1, -0.05) is 5.16 Å². The molecule has 1 fully saturated rings. The van der Waals surface area contributed by atoms with Gasteiger partial charge in [0.1, 0.15) is 18.2 Å². The van der Waals surface area contributed by atoms with Crippen LogP contribution in [0.1, 0.15) is 30.4 Å². The number of amidine groups is 1. The first-order valence-electron chi connectivity index (χ1n) is 9.06. The van der Waals surface area contributed by atoms with Crippen LogP contribution < -0.4 is 15.4 Å². The van der Waals surface area contributed by atoms with Gasteiger partial charge in [-0.05, 0) is 55.7 Å². The van der Waals surface area contributed by atoms with E-state index < -0.39 is 0 Å². The van der Waals surface area contributed by atoms with Gasteiger partial charge in [0.25, 0.3) is 0 Å². The number of hydrogen-bond donors (Lipinski definition) is 1. The second-order valence-electron chi connectivity index (χ2n) is 6.22. The van der Waals surface area contributed by atoms with Crippen molar-refractivity contribution >= 4 is 11.7 Å². The fourth-order valence-corrected chi connectivity index (χ4v) is 2.94. The van der Waals surface area contributed by atoms with Crippen LogP contribution >= 0.6 is 0 Å². The lowest BCUT2D eigenvalue weighted by Crippen LogP contribution is -2.32. The lowest BCUT2D eigenvalue weighted by Gasteiger charge is -2.29. The average molecular weight is 365 g/mol. The molecule has 0 radical (unpaired) electrons. The quantitative estimate of drug-likeness (QED) is 0.351. The first-order valence-corrected chi connectivity index (χ1v) is 9.06. The van der Waals surface area contributed by atoms with Crippen LogP contribution in [0.3, 0.4) is 0 Å². The summed E-state index contributed by atoms with van der Waals surface area (Å²) in [5.74, 6) is 1.84. The third kappa shape index (κ3) is 5.11. The van der Waals surface area contributed by atoms with E-state index >= 15 is 0 Å². The molecule has 1 saturated heterocycles. The van der Waals surface area contributed by atoms with Crippen LogP contribution in [0.2, 0.25) is 0 Å². The van der Waals surface area contributed by atoms with Crippen molar-refractivity contribution in [3.05, 3.63) is 53.7 Å². The fraction of sp³-hybridized carbons (Fsp3) is 0.350. The van der Waals surface area contributed by atoms with Gasteiger partial charge in [-0.25, -0.2) is 4.98 Å². The highest BCUT2D eigenvalue weighted by atomic mass is 16.6. The maximum absolute atomic E-state index is 8.78. The van der Waals surface area contributed by atoms with Gasteiger partial charge in [-0.2, -0.15) is 5.26 Å². The molecule has 3 rings (SSSR count). The van der Waals surface area contributed by atoms with Crippen LogP contribution in [0.5, 0.6) is 5.75 Å². The molecule has 140 valence electrons. The van der Waals surface area contributed by atoms with Gasteiger partial charge in [0, 0.05) is 19.3 Å². The summed E-state index contributed by atoms with van der Waals surface area (Å²) in [4.78, 5) is 12.0. The largest absolute Gasteiger partial charge is 0.490 e. The number of oxime groups is 1. The van der Waals surface area contributed by atoms with Crippen LogP contribution in [0.15, 0.2) is 47.8 Å². The third-order valence-electron chi connectivity index (χ3n) is 4.31. The number of piperidine rings is 1. The van der Waals surface area contributed by atoms with Gasteiger partial charge in [0.05, 0.1) is 17.2 Å². The van der Waals surface area contributed by atoms with Crippen LogP contribution in [0.25, 0.3) is 0 Å². The average Bonchev–Trinajstić information content (AvgIpc) is 2.74. The van der Waals surface area contributed by atoms with Gasteiger partial charge < -0.3 is 20.2 Å². The molecule has 0 amide bonds. The van der Waals surface area contributed by atoms with Gasteiger partial charge in [0.15, 0.2) is 12.4 Å². The highest BCUT2D eigenvalue weighted by Gasteiger charge is 2.17. The summed E-state index contributed by atoms with van der Waals surface area (Å²) in [7, 11) is 0. The Morgan fingerprint density at radius 3 is 2.67 bits per heavy atom. The van der Waals surface area contributed by atoms with E-state index in [-0.39, 0.29) is 6.61 Å². The molecule has 1 aromatic carbocycles. The Balaban J connectivity index is 1.52. The van der Waals surface area contributed by atoms with Crippen molar-refractivity contribution in [1.29, 1.82) is 5.26 Å². The van der Waals surface area contributed by atoms with E-state index in [9.17, 15) is 0 Å². The molecule has 2 aromatic rings. The van der Waals surface area contributed by atoms with E-state index in [2.05, 4.69) is 21.1 Å². The topological polar surface area (TPSA) is 96.8 Å². The van der Waals surface area contributed by atoms with E-state index in [1.54, 1.807) is 30.5 Å². The minimum Gasteiger partial charge on any atom is -0.490 e. The standard InChI is InChI=1S/C20H23N5O2/c21-15-16-6-8-17(9-7-16)26-13-14-27-24-19(22)18-5-4-10-23-20(18)25-11-2-1-3-12-25/h4-10H,1-3,11-14H2,(H2,22,24). The van der Waals surface area contributed by atoms with E-state index in [0.717, 1.165) is 37.3 Å². The van der Waals surface area contributed by atoms with E-state index in [4.69, 9.17) is 20.6 Å². The fourth-order valence-electron chi connectivity index (χ4n) is 2.94. The zero-order valence-corrected chi connectivity index (χ0v) is 15.2. The van der Waals surface area contributed by atoms with Crippen LogP contribution in [-0.4, -0.2) is 37.1 Å². The Morgan fingerprint density at radius 1 is 1.15 bits per heavy atom. The summed E-state index contributed by atoms with van der Waals surface area (Å²) in [5.41, 5.74) is 7.49. The van der Waals surface area contributed by atoms with Crippen molar-refractivity contribution in [2.45, 2.75) is 19.3 Å². The van der Waals surface area contributed by atoms with Gasteiger partial charge in [-0.15, -0.1) is 0 Å². The van der Waals surface area contributed by atoms with Crippen molar-refractivity contribution in [2.75, 3.05) is 31.2 Å². The highest BCUT2D eigenvalue weighted by molar-refractivity contribution is 6.01. The normalized spacial score (nSPS) is 14.5. The molecule has 2 N–H and O–H groups in total. The molecule has 0 spiro atoms. The molecule has 7 nitrogen and oxygen atoms in total. The Morgan fingerprint density at radius 2 is 1.93 bits per heavy atom. The van der Waals surface area contributed by atoms with Crippen LogP contribution in [0, 0.1) is 11.3 Å². The first-order chi connectivity index (χ1) is 13.3. The van der Waals surface area contributed by atoms with Crippen molar-refractivity contribution in [1.82, 2.24) is 4.98 Å². The van der Waals surface area contributed by atoms with Gasteiger partial charge in [0.2, 0.25) is 0 Å². The molecule has 1 aromatic heterocycles. The molecule has 0 saturated carbocycles. The van der Waals surface area contributed by atoms with Crippen molar-refractivity contribution in [3.63, 3.8) is 0 Å². The lowest BCUT2D eigenvalue weighted by atomic mass is 10.1. The molecule has 0 bridgehead atoms. The summed E-state index contributed by atoms with van der Waals surface area (Å²) in [6, 6.07) is 12.7. The summed E-state index contributed by atoms with van der Waals surface area (Å²) in [6.07, 6.45) is 5.35. The first kappa shape index (κ1) is 18.5. The number of hydrogen-bond acceptors (Lipinski definition) is 6. The van der Waals surface area contributed by atoms with Crippen molar-refractivity contribution < 1.29 is 9.57 Å². The van der Waals surface area contributed by atoms with Gasteiger partial charge >= 0.3 is 0 Å². The number of rotatable bonds is 7. The summed E-state index contributed by atoms with van der Waals surface area (Å²) >= 11 is 0. The molecule has 1 aliphatic heterocycles. The van der Waals surface area contributed by atoms with E-state index in [1.807, 2.05) is 12.1 Å². The predicted octanol–water partition coefficient (Wildman–Crippen LogP) is 2.66. The SMILES string of the molecule is N#Cc1ccc(OCCO/N=C(/N)c2cccnc2N2CCCCC2)cc1. The number of pyridine rings is 1. The Labute approximate surface area is 159 Å². The smallest absolute Gasteiger partial charge is 0.174 e. The summed E-state index contributed by atoms with van der Waals surface area (Å²) in [6.45, 7) is 2.56. The molecule has 7 heteroatoms. The monoisotopic (exact) mass is 365 g/mol. The summed E-state index contributed by atoms with van der Waals surface area (Å²) < 4.78 is 5.55. The number of benzene rings is 1. The maximum Gasteiger partial charge on any atom is 0.174 e. The Bertz CT molecular complexity index is 808. The second kappa shape index (κ2) is 9.43. The predicted molar refractivity (Wildman–Crippen MR) is 104 cm³/mol. The molecule has 0 atom stereocenters. The molecular weight excluding hydrogens is 342 g/mol. The minimum absolute atomic E-state index is 0.264. The maximum atomic E-state index is 8.78. The Kier molecular flexibility index (Phi) is 6.47. The van der Waals surface area contributed by atoms with Crippen molar-refractivity contribution in [2.24, 2.45) is 10.9 Å². The van der Waals surface area contributed by atoms with Crippen molar-refractivity contribution in [3.8, 4) is 11.8 Å². The zero-order chi connectivity index (χ0) is 18.9. The number of aromatic nitrogens is 1. The third-order valence-corrected chi connectivity index (χ3v) is 4.31. The second-order valence-corrected chi connectivity index (χ2v) is 6.22. The Hall–Kier alpha value is -3.27. The lowest BCUT2D eigenvalue weighted by molar-refractivity contribution is 0.107. The summed E-state index contributed by atoms with van der Waals surface area (Å²) in [5, 5.41) is 12.8. The van der Waals surface area contributed by atoms with Crippen LogP contribution in [0.4, 0.5) is 5.82 Å². The molecule has 0 unspecified atom stereocenters. The minimum atomic E-state index is 0.264. The molecule has 0 aliphatic carbocycles. The van der Waals surface area contributed by atoms with E-state index in [0.29, 0.717) is 23.8 Å². The molecule has 1 aliphatic rings. The van der Waals surface area contributed by atoms with E-state index in [1.165, 1.54) is 6.42 Å². The highest BCUT2D eigenvalue weighted by Crippen LogP contribution is 2.21. The van der Waals surface area contributed by atoms with Gasteiger partial charge in [-0.3, -0.25) is 0 Å². The molecule has 27 heavy (non-hydrogen) atoms. The number of anilines is 1.